The Morgan fingerprint density at radius 3 is 2.21 bits per heavy atom. The third-order valence-corrected chi connectivity index (χ3v) is 4.09. The maximum atomic E-state index is 11.9. The summed E-state index contributed by atoms with van der Waals surface area (Å²) in [6.07, 6.45) is 9.22. The van der Waals surface area contributed by atoms with E-state index < -0.39 is 0 Å². The molecule has 1 N–H and O–H groups in total. The maximum Gasteiger partial charge on any atom is 0.338 e. The Balaban J connectivity index is 2.01. The van der Waals surface area contributed by atoms with E-state index in [0.29, 0.717) is 12.2 Å². The molecule has 0 aliphatic heterocycles. The summed E-state index contributed by atoms with van der Waals surface area (Å²) in [4.78, 5) is 13.9. The Bertz CT molecular complexity index is 443. The highest BCUT2D eigenvalue weighted by Gasteiger charge is 2.06. The number of benzene rings is 1. The molecule has 1 aromatic carbocycles. The quantitative estimate of drug-likeness (QED) is 0.432. The fourth-order valence-corrected chi connectivity index (χ4v) is 2.53. The van der Waals surface area contributed by atoms with E-state index in [1.807, 2.05) is 43.3 Å². The first-order valence-corrected chi connectivity index (χ1v) is 9.30. The number of nitrogens with zero attached hydrogens (tertiary/aromatic N) is 1. The molecule has 24 heavy (non-hydrogen) atoms. The largest absolute Gasteiger partial charge is 0.461 e. The first-order valence-electron chi connectivity index (χ1n) is 9.30. The summed E-state index contributed by atoms with van der Waals surface area (Å²) >= 11 is 0. The van der Waals surface area contributed by atoms with Gasteiger partial charge in [-0.15, -0.1) is 0 Å². The van der Waals surface area contributed by atoms with E-state index in [4.69, 9.17) is 4.74 Å². The van der Waals surface area contributed by atoms with Crippen molar-refractivity contribution in [1.29, 1.82) is 0 Å². The van der Waals surface area contributed by atoms with Crippen LogP contribution in [0.3, 0.4) is 0 Å². The van der Waals surface area contributed by atoms with Crippen LogP contribution in [-0.4, -0.2) is 39.8 Å². The predicted molar refractivity (Wildman–Crippen MR) is 102 cm³/mol. The number of carbonyl (C=O) groups excluding carboxylic acids is 1. The topological polar surface area (TPSA) is 41.6 Å². The minimum absolute atomic E-state index is 0.252. The Morgan fingerprint density at radius 2 is 1.58 bits per heavy atom. The lowest BCUT2D eigenvalue weighted by atomic mass is 10.1. The number of hydrogen-bond acceptors (Lipinski definition) is 4. The van der Waals surface area contributed by atoms with Gasteiger partial charge in [-0.1, -0.05) is 45.4 Å². The highest BCUT2D eigenvalue weighted by Crippen LogP contribution is 2.12. The molecular weight excluding hydrogens is 300 g/mol. The number of anilines is 1. The molecule has 0 fully saturated rings. The lowest BCUT2D eigenvalue weighted by molar-refractivity contribution is 0.0508. The lowest BCUT2D eigenvalue weighted by Gasteiger charge is -2.12. The third kappa shape index (κ3) is 8.92. The van der Waals surface area contributed by atoms with Crippen LogP contribution < -0.4 is 10.2 Å². The van der Waals surface area contributed by atoms with Crippen LogP contribution >= 0.6 is 0 Å². The number of hydrogen-bond donors (Lipinski definition) is 1. The zero-order valence-electron chi connectivity index (χ0n) is 15.6. The van der Waals surface area contributed by atoms with Gasteiger partial charge in [0.05, 0.1) is 5.56 Å². The van der Waals surface area contributed by atoms with Crippen LogP contribution in [0.5, 0.6) is 0 Å². The van der Waals surface area contributed by atoms with Gasteiger partial charge in [0, 0.05) is 26.3 Å². The minimum atomic E-state index is -0.252. The monoisotopic (exact) mass is 334 g/mol. The molecule has 0 bridgehead atoms. The Morgan fingerprint density at radius 1 is 0.958 bits per heavy atom. The molecule has 0 radical (unpaired) electrons. The molecule has 0 saturated heterocycles. The second-order valence-electron chi connectivity index (χ2n) is 6.45. The minimum Gasteiger partial charge on any atom is -0.461 e. The van der Waals surface area contributed by atoms with Crippen LogP contribution in [0, 0.1) is 0 Å². The van der Waals surface area contributed by atoms with Crippen LogP contribution in [0.25, 0.3) is 0 Å². The highest BCUT2D eigenvalue weighted by molar-refractivity contribution is 5.89. The van der Waals surface area contributed by atoms with Crippen molar-refractivity contribution in [3.63, 3.8) is 0 Å². The van der Waals surface area contributed by atoms with E-state index in [2.05, 4.69) is 12.2 Å². The van der Waals surface area contributed by atoms with Gasteiger partial charge in [0.2, 0.25) is 0 Å². The third-order valence-electron chi connectivity index (χ3n) is 4.09. The number of ether oxygens (including phenoxy) is 1. The molecule has 0 spiro atoms. The molecule has 0 unspecified atom stereocenters. The summed E-state index contributed by atoms with van der Waals surface area (Å²) < 4.78 is 5.29. The van der Waals surface area contributed by atoms with Gasteiger partial charge in [-0.3, -0.25) is 0 Å². The van der Waals surface area contributed by atoms with Gasteiger partial charge in [-0.05, 0) is 37.2 Å². The van der Waals surface area contributed by atoms with E-state index in [9.17, 15) is 4.79 Å². The van der Waals surface area contributed by atoms with Crippen molar-refractivity contribution in [2.45, 2.75) is 51.9 Å². The molecule has 0 aromatic heterocycles. The molecule has 0 amide bonds. The van der Waals surface area contributed by atoms with Crippen molar-refractivity contribution >= 4 is 11.7 Å². The SMILES string of the molecule is CCCCCCCCCNCCOC(=O)c1ccc(N(C)C)cc1. The summed E-state index contributed by atoms with van der Waals surface area (Å²) in [6, 6.07) is 7.47. The molecule has 4 heteroatoms. The van der Waals surface area contributed by atoms with Gasteiger partial charge in [0.15, 0.2) is 0 Å². The molecule has 1 rings (SSSR count). The lowest BCUT2D eigenvalue weighted by Crippen LogP contribution is -2.22. The van der Waals surface area contributed by atoms with E-state index >= 15 is 0 Å². The van der Waals surface area contributed by atoms with Gasteiger partial charge in [-0.25, -0.2) is 4.79 Å². The van der Waals surface area contributed by atoms with Crippen molar-refractivity contribution in [3.8, 4) is 0 Å². The van der Waals surface area contributed by atoms with Crippen molar-refractivity contribution in [2.24, 2.45) is 0 Å². The van der Waals surface area contributed by atoms with Crippen molar-refractivity contribution < 1.29 is 9.53 Å². The smallest absolute Gasteiger partial charge is 0.338 e. The first kappa shape index (κ1) is 20.5. The van der Waals surface area contributed by atoms with E-state index in [1.54, 1.807) is 0 Å². The molecule has 0 aliphatic carbocycles. The second kappa shape index (κ2) is 12.8. The second-order valence-corrected chi connectivity index (χ2v) is 6.45. The van der Waals surface area contributed by atoms with Gasteiger partial charge >= 0.3 is 5.97 Å². The summed E-state index contributed by atoms with van der Waals surface area (Å²) in [5, 5.41) is 3.33. The summed E-state index contributed by atoms with van der Waals surface area (Å²) in [5.41, 5.74) is 1.68. The predicted octanol–water partition coefficient (Wildman–Crippen LogP) is 4.25. The van der Waals surface area contributed by atoms with Crippen molar-refractivity contribution in [1.82, 2.24) is 5.32 Å². The number of unbranched alkanes of at least 4 members (excludes halogenated alkanes) is 6. The number of esters is 1. The number of carbonyl (C=O) groups is 1. The van der Waals surface area contributed by atoms with Crippen LogP contribution in [-0.2, 0) is 4.74 Å². The zero-order chi connectivity index (χ0) is 17.6. The number of nitrogens with one attached hydrogen (secondary N) is 1. The zero-order valence-corrected chi connectivity index (χ0v) is 15.6. The molecule has 1 aromatic rings. The van der Waals surface area contributed by atoms with E-state index in [1.165, 1.54) is 44.9 Å². The van der Waals surface area contributed by atoms with E-state index in [0.717, 1.165) is 18.8 Å². The highest BCUT2D eigenvalue weighted by atomic mass is 16.5. The van der Waals surface area contributed by atoms with Gasteiger partial charge < -0.3 is 15.0 Å². The van der Waals surface area contributed by atoms with Crippen molar-refractivity contribution in [3.05, 3.63) is 29.8 Å². The summed E-state index contributed by atoms with van der Waals surface area (Å²) in [6.45, 7) is 4.39. The van der Waals surface area contributed by atoms with Gasteiger partial charge in [-0.2, -0.15) is 0 Å². The van der Waals surface area contributed by atoms with Crippen LogP contribution in [0.2, 0.25) is 0 Å². The average molecular weight is 335 g/mol. The van der Waals surface area contributed by atoms with Crippen LogP contribution in [0.4, 0.5) is 5.69 Å². The number of rotatable bonds is 13. The fourth-order valence-electron chi connectivity index (χ4n) is 2.53. The van der Waals surface area contributed by atoms with Crippen molar-refractivity contribution in [2.75, 3.05) is 38.7 Å². The molecule has 4 nitrogen and oxygen atoms in total. The fraction of sp³-hybridized carbons (Fsp3) is 0.650. The van der Waals surface area contributed by atoms with Crippen LogP contribution in [0.15, 0.2) is 24.3 Å². The average Bonchev–Trinajstić information content (AvgIpc) is 2.59. The van der Waals surface area contributed by atoms with E-state index in [-0.39, 0.29) is 5.97 Å². The normalized spacial score (nSPS) is 10.6. The summed E-state index contributed by atoms with van der Waals surface area (Å²) in [7, 11) is 3.95. The Labute approximate surface area is 147 Å². The molecule has 0 aliphatic rings. The van der Waals surface area contributed by atoms with Gasteiger partial charge in [0.25, 0.3) is 0 Å². The molecule has 0 saturated carbocycles. The molecule has 0 atom stereocenters. The standard InChI is InChI=1S/C20H34N2O2/c1-4-5-6-7-8-9-10-15-21-16-17-24-20(23)18-11-13-19(14-12-18)22(2)3/h11-14,21H,4-10,15-17H2,1-3H3. The maximum absolute atomic E-state index is 11.9. The molecular formula is C20H34N2O2. The molecule has 136 valence electrons. The Hall–Kier alpha value is -1.55. The molecule has 0 heterocycles. The van der Waals surface area contributed by atoms with Crippen LogP contribution in [0.1, 0.15) is 62.2 Å². The first-order chi connectivity index (χ1) is 11.6. The Kier molecular flexibility index (Phi) is 10.9. The van der Waals surface area contributed by atoms with Gasteiger partial charge in [0.1, 0.15) is 6.61 Å². The summed E-state index contributed by atoms with van der Waals surface area (Å²) in [5.74, 6) is -0.252.